The van der Waals surface area contributed by atoms with Crippen LogP contribution in [0, 0.1) is 6.92 Å². The number of aliphatic hydroxyl groups excluding tert-OH is 3. The number of benzene rings is 3. The summed E-state index contributed by atoms with van der Waals surface area (Å²) < 4.78 is 24.5. The minimum Gasteiger partial charge on any atom is -0.496 e. The van der Waals surface area contributed by atoms with Gasteiger partial charge in [0.1, 0.15) is 42.2 Å². The average Bonchev–Trinajstić information content (AvgIpc) is 3.48. The molecule has 1 saturated heterocycles. The lowest BCUT2D eigenvalue weighted by Crippen LogP contribution is -2.51. The van der Waals surface area contributed by atoms with Crippen LogP contribution in [-0.2, 0) is 24.4 Å². The Hall–Kier alpha value is -4.00. The summed E-state index contributed by atoms with van der Waals surface area (Å²) in [5.74, 6) is 1.81. The van der Waals surface area contributed by atoms with Gasteiger partial charge < -0.3 is 39.6 Å². The highest BCUT2D eigenvalue weighted by Gasteiger charge is 2.39. The summed E-state index contributed by atoms with van der Waals surface area (Å²) in [5.41, 5.74) is 5.99. The van der Waals surface area contributed by atoms with E-state index < -0.39 is 24.5 Å². The first-order valence-electron chi connectivity index (χ1n) is 13.7. The maximum Gasteiger partial charge on any atom is 0.180 e. The lowest BCUT2D eigenvalue weighted by Gasteiger charge is -2.35. The Balaban J connectivity index is 1.26. The van der Waals surface area contributed by atoms with Crippen LogP contribution in [-0.4, -0.2) is 69.5 Å². The maximum absolute atomic E-state index is 10.4. The van der Waals surface area contributed by atoms with Crippen molar-refractivity contribution in [2.24, 2.45) is 0 Å². The van der Waals surface area contributed by atoms with Crippen molar-refractivity contribution in [2.45, 2.75) is 51.2 Å². The zero-order valence-corrected chi connectivity index (χ0v) is 23.8. The normalized spacial score (nSPS) is 20.3. The smallest absolute Gasteiger partial charge is 0.180 e. The standard InChI is InChI=1S/C31H36N4O7/c1-19-21(10-7-11-24(19)20-8-5-4-6-9-20)17-41-23-12-27(39-2)25(28(13-23)40-3)16-32-14-22-15-33-34-35(22)31-30(38)29(37)26(36)18-42-31/h4-13,15,26,29-32,36-38H,14,16-18H2,1-3H3/t26-,29+,30+,31+/m1/s1. The highest BCUT2D eigenvalue weighted by molar-refractivity contribution is 5.68. The van der Waals surface area contributed by atoms with Gasteiger partial charge in [-0.25, -0.2) is 4.68 Å². The molecule has 2 heterocycles. The topological polar surface area (TPSA) is 140 Å². The van der Waals surface area contributed by atoms with Crippen molar-refractivity contribution < 1.29 is 34.3 Å². The molecular formula is C31H36N4O7. The highest BCUT2D eigenvalue weighted by atomic mass is 16.5. The molecule has 4 atom stereocenters. The Morgan fingerprint density at radius 1 is 0.952 bits per heavy atom. The van der Waals surface area contributed by atoms with E-state index in [0.717, 1.165) is 22.3 Å². The van der Waals surface area contributed by atoms with Crippen molar-refractivity contribution in [2.75, 3.05) is 20.8 Å². The molecule has 4 aromatic rings. The molecule has 3 aromatic carbocycles. The molecule has 11 nitrogen and oxygen atoms in total. The van der Waals surface area contributed by atoms with E-state index in [-0.39, 0.29) is 6.61 Å². The number of hydrogen-bond acceptors (Lipinski definition) is 10. The SMILES string of the molecule is COc1cc(OCc2cccc(-c3ccccc3)c2C)cc(OC)c1CNCc1cnnn1[C@H]1OC[C@@H](O)[C@H](O)[C@@H]1O. The van der Waals surface area contributed by atoms with E-state index in [9.17, 15) is 15.3 Å². The van der Waals surface area contributed by atoms with Crippen LogP contribution in [0.4, 0.5) is 0 Å². The number of hydrogen-bond donors (Lipinski definition) is 4. The molecule has 1 fully saturated rings. The van der Waals surface area contributed by atoms with E-state index >= 15 is 0 Å². The number of methoxy groups -OCH3 is 2. The van der Waals surface area contributed by atoms with Crippen LogP contribution >= 0.6 is 0 Å². The van der Waals surface area contributed by atoms with Crippen molar-refractivity contribution >= 4 is 0 Å². The molecule has 1 aliphatic heterocycles. The second-order valence-electron chi connectivity index (χ2n) is 10.1. The molecule has 42 heavy (non-hydrogen) atoms. The Labute approximate surface area is 244 Å². The molecule has 0 aliphatic carbocycles. The molecule has 4 N–H and O–H groups in total. The summed E-state index contributed by atoms with van der Waals surface area (Å²) >= 11 is 0. The lowest BCUT2D eigenvalue weighted by atomic mass is 9.97. The first kappa shape index (κ1) is 29.5. The highest BCUT2D eigenvalue weighted by Crippen LogP contribution is 2.35. The second-order valence-corrected chi connectivity index (χ2v) is 10.1. The number of nitrogens with zero attached hydrogens (tertiary/aromatic N) is 3. The fourth-order valence-corrected chi connectivity index (χ4v) is 5.08. The van der Waals surface area contributed by atoms with Crippen LogP contribution in [0.25, 0.3) is 11.1 Å². The van der Waals surface area contributed by atoms with Gasteiger partial charge in [0.2, 0.25) is 0 Å². The van der Waals surface area contributed by atoms with Crippen LogP contribution in [0.5, 0.6) is 17.2 Å². The predicted molar refractivity (Wildman–Crippen MR) is 154 cm³/mol. The van der Waals surface area contributed by atoms with Gasteiger partial charge in [-0.2, -0.15) is 0 Å². The minimum atomic E-state index is -1.36. The van der Waals surface area contributed by atoms with Gasteiger partial charge in [0, 0.05) is 25.2 Å². The van der Waals surface area contributed by atoms with Gasteiger partial charge in [-0.05, 0) is 29.2 Å². The summed E-state index contributed by atoms with van der Waals surface area (Å²) in [5, 5.41) is 41.4. The second kappa shape index (κ2) is 13.3. The van der Waals surface area contributed by atoms with Gasteiger partial charge in [0.15, 0.2) is 6.23 Å². The number of nitrogens with one attached hydrogen (secondary N) is 1. The minimum absolute atomic E-state index is 0.129. The van der Waals surface area contributed by atoms with Gasteiger partial charge in [0.05, 0.1) is 38.3 Å². The van der Waals surface area contributed by atoms with Crippen molar-refractivity contribution in [3.05, 3.63) is 89.2 Å². The van der Waals surface area contributed by atoms with Gasteiger partial charge in [-0.1, -0.05) is 53.7 Å². The number of rotatable bonds is 11. The zero-order valence-electron chi connectivity index (χ0n) is 23.8. The summed E-state index contributed by atoms with van der Waals surface area (Å²) in [7, 11) is 3.19. The van der Waals surface area contributed by atoms with E-state index in [2.05, 4.69) is 46.8 Å². The molecule has 0 amide bonds. The van der Waals surface area contributed by atoms with E-state index in [4.69, 9.17) is 18.9 Å². The summed E-state index contributed by atoms with van der Waals surface area (Å²) in [6.45, 7) is 3.06. The third-order valence-electron chi connectivity index (χ3n) is 7.48. The Kier molecular flexibility index (Phi) is 9.35. The molecule has 0 saturated carbocycles. The number of aliphatic hydroxyl groups is 3. The Morgan fingerprint density at radius 3 is 2.40 bits per heavy atom. The maximum atomic E-state index is 10.4. The van der Waals surface area contributed by atoms with E-state index in [1.807, 2.05) is 36.4 Å². The molecule has 11 heteroatoms. The van der Waals surface area contributed by atoms with E-state index in [1.165, 1.54) is 10.2 Å². The monoisotopic (exact) mass is 576 g/mol. The van der Waals surface area contributed by atoms with Crippen molar-refractivity contribution in [1.82, 2.24) is 20.3 Å². The summed E-state index contributed by atoms with van der Waals surface area (Å²) in [6.07, 6.45) is -3.30. The third-order valence-corrected chi connectivity index (χ3v) is 7.48. The zero-order chi connectivity index (χ0) is 29.6. The first-order valence-corrected chi connectivity index (χ1v) is 13.7. The first-order chi connectivity index (χ1) is 20.4. The molecule has 0 spiro atoms. The molecule has 1 aromatic heterocycles. The molecule has 5 rings (SSSR count). The fraction of sp³-hybridized carbons (Fsp3) is 0.355. The summed E-state index contributed by atoms with van der Waals surface area (Å²) in [6, 6.07) is 20.2. The Bertz CT molecular complexity index is 1450. The van der Waals surface area contributed by atoms with Crippen molar-refractivity contribution in [3.63, 3.8) is 0 Å². The van der Waals surface area contributed by atoms with Gasteiger partial charge >= 0.3 is 0 Å². The van der Waals surface area contributed by atoms with Crippen LogP contribution in [0.3, 0.4) is 0 Å². The quantitative estimate of drug-likeness (QED) is 0.211. The molecule has 0 radical (unpaired) electrons. The predicted octanol–water partition coefficient (Wildman–Crippen LogP) is 2.75. The van der Waals surface area contributed by atoms with Crippen LogP contribution in [0.2, 0.25) is 0 Å². The number of ether oxygens (including phenoxy) is 4. The molecule has 222 valence electrons. The van der Waals surface area contributed by atoms with Crippen LogP contribution in [0.15, 0.2) is 66.9 Å². The van der Waals surface area contributed by atoms with Gasteiger partial charge in [0.25, 0.3) is 0 Å². The molecule has 0 bridgehead atoms. The largest absolute Gasteiger partial charge is 0.496 e. The molecule has 1 aliphatic rings. The molecular weight excluding hydrogens is 540 g/mol. The van der Waals surface area contributed by atoms with E-state index in [0.29, 0.717) is 42.6 Å². The van der Waals surface area contributed by atoms with Gasteiger partial charge in [-0.3, -0.25) is 0 Å². The van der Waals surface area contributed by atoms with E-state index in [1.54, 1.807) is 20.4 Å². The number of aromatic nitrogens is 3. The van der Waals surface area contributed by atoms with Crippen LogP contribution in [0.1, 0.15) is 28.6 Å². The molecule has 0 unspecified atom stereocenters. The van der Waals surface area contributed by atoms with Crippen molar-refractivity contribution in [3.8, 4) is 28.4 Å². The summed E-state index contributed by atoms with van der Waals surface area (Å²) in [4.78, 5) is 0. The average molecular weight is 577 g/mol. The van der Waals surface area contributed by atoms with Crippen LogP contribution < -0.4 is 19.5 Å². The third kappa shape index (κ3) is 6.25. The fourth-order valence-electron chi connectivity index (χ4n) is 5.08. The van der Waals surface area contributed by atoms with Gasteiger partial charge in [-0.15, -0.1) is 5.10 Å². The Morgan fingerprint density at radius 2 is 1.69 bits per heavy atom. The van der Waals surface area contributed by atoms with Crippen molar-refractivity contribution in [1.29, 1.82) is 0 Å². The lowest BCUT2D eigenvalue weighted by molar-refractivity contribution is -0.214.